The zero-order valence-electron chi connectivity index (χ0n) is 16.0. The normalized spacial score (nSPS) is 19.3. The molecule has 7 nitrogen and oxygen atoms in total. The van der Waals surface area contributed by atoms with Crippen molar-refractivity contribution >= 4 is 0 Å². The van der Waals surface area contributed by atoms with Crippen LogP contribution in [0.3, 0.4) is 0 Å². The lowest BCUT2D eigenvalue weighted by Gasteiger charge is -2.32. The van der Waals surface area contributed by atoms with Crippen LogP contribution >= 0.6 is 0 Å². The molecule has 1 atom stereocenters. The first kappa shape index (κ1) is 17.9. The summed E-state index contributed by atoms with van der Waals surface area (Å²) >= 11 is 0. The zero-order chi connectivity index (χ0) is 19.0. The molecule has 7 heteroatoms. The van der Waals surface area contributed by atoms with Gasteiger partial charge in [-0.1, -0.05) is 0 Å². The van der Waals surface area contributed by atoms with Crippen LogP contribution in [0.1, 0.15) is 41.4 Å². The van der Waals surface area contributed by atoms with Crippen LogP contribution < -0.4 is 19.8 Å². The number of hydrogen-bond acceptors (Lipinski definition) is 6. The third kappa shape index (κ3) is 3.51. The summed E-state index contributed by atoms with van der Waals surface area (Å²) in [6.45, 7) is 6.56. The monoisotopic (exact) mass is 371 g/mol. The van der Waals surface area contributed by atoms with E-state index in [2.05, 4.69) is 14.9 Å². The lowest BCUT2D eigenvalue weighted by molar-refractivity contribution is 0.173. The van der Waals surface area contributed by atoms with E-state index in [0.717, 1.165) is 66.8 Å². The van der Waals surface area contributed by atoms with Crippen molar-refractivity contribution in [2.24, 2.45) is 0 Å². The van der Waals surface area contributed by atoms with Gasteiger partial charge in [0.05, 0.1) is 7.11 Å². The molecule has 27 heavy (non-hydrogen) atoms. The van der Waals surface area contributed by atoms with Gasteiger partial charge in [-0.2, -0.15) is 0 Å². The summed E-state index contributed by atoms with van der Waals surface area (Å²) in [5.41, 5.74) is 2.54. The molecule has 4 rings (SSSR count). The van der Waals surface area contributed by atoms with Gasteiger partial charge in [0.25, 0.3) is 5.56 Å². The van der Waals surface area contributed by atoms with Crippen molar-refractivity contribution in [2.45, 2.75) is 39.2 Å². The minimum atomic E-state index is -0.0351. The lowest BCUT2D eigenvalue weighted by Crippen LogP contribution is -2.35. The number of nitrogens with one attached hydrogen (secondary N) is 1. The highest BCUT2D eigenvalue weighted by atomic mass is 16.7. The molecule has 1 aromatic heterocycles. The SMILES string of the molecule is COc1cc2c(cc1CN1CCC[C@@H](c3nc(C)c(C)c(=O)[nH]3)C1)OCO2. The minimum absolute atomic E-state index is 0.0351. The largest absolute Gasteiger partial charge is 0.496 e. The quantitative estimate of drug-likeness (QED) is 0.890. The molecule has 0 saturated carbocycles. The highest BCUT2D eigenvalue weighted by molar-refractivity contribution is 5.51. The first-order valence-corrected chi connectivity index (χ1v) is 9.31. The Kier molecular flexibility index (Phi) is 4.78. The van der Waals surface area contributed by atoms with Crippen molar-refractivity contribution in [2.75, 3.05) is 27.0 Å². The molecule has 1 N–H and O–H groups in total. The smallest absolute Gasteiger partial charge is 0.254 e. The fraction of sp³-hybridized carbons (Fsp3) is 0.500. The second-order valence-electron chi connectivity index (χ2n) is 7.25. The predicted molar refractivity (Wildman–Crippen MR) is 101 cm³/mol. The Morgan fingerprint density at radius 1 is 1.30 bits per heavy atom. The third-order valence-electron chi connectivity index (χ3n) is 5.47. The fourth-order valence-corrected chi connectivity index (χ4v) is 3.80. The van der Waals surface area contributed by atoms with E-state index in [-0.39, 0.29) is 18.3 Å². The molecule has 3 heterocycles. The highest BCUT2D eigenvalue weighted by Gasteiger charge is 2.26. The first-order valence-electron chi connectivity index (χ1n) is 9.31. The summed E-state index contributed by atoms with van der Waals surface area (Å²) in [6.07, 6.45) is 2.09. The van der Waals surface area contributed by atoms with Crippen molar-refractivity contribution < 1.29 is 14.2 Å². The summed E-state index contributed by atoms with van der Waals surface area (Å²) in [5, 5.41) is 0. The number of H-pyrrole nitrogens is 1. The number of aryl methyl sites for hydroxylation is 1. The molecule has 144 valence electrons. The van der Waals surface area contributed by atoms with Crippen LogP contribution in [0.25, 0.3) is 0 Å². The molecule has 0 aliphatic carbocycles. The van der Waals surface area contributed by atoms with Gasteiger partial charge in [0, 0.05) is 41.9 Å². The van der Waals surface area contributed by atoms with Crippen molar-refractivity contribution in [3.8, 4) is 17.2 Å². The van der Waals surface area contributed by atoms with E-state index in [1.807, 2.05) is 26.0 Å². The molecule has 2 aliphatic rings. The van der Waals surface area contributed by atoms with E-state index < -0.39 is 0 Å². The number of ether oxygens (including phenoxy) is 3. The number of benzene rings is 1. The van der Waals surface area contributed by atoms with Crippen LogP contribution in [-0.4, -0.2) is 41.9 Å². The predicted octanol–water partition coefficient (Wildman–Crippen LogP) is 2.50. The summed E-state index contributed by atoms with van der Waals surface area (Å²) in [6, 6.07) is 3.89. The van der Waals surface area contributed by atoms with Crippen LogP contribution in [0.15, 0.2) is 16.9 Å². The van der Waals surface area contributed by atoms with E-state index in [4.69, 9.17) is 14.2 Å². The molecule has 0 spiro atoms. The number of aromatic amines is 1. The molecular formula is C20H25N3O4. The van der Waals surface area contributed by atoms with Gasteiger partial charge in [-0.3, -0.25) is 9.69 Å². The van der Waals surface area contributed by atoms with Crippen LogP contribution in [0.4, 0.5) is 0 Å². The highest BCUT2D eigenvalue weighted by Crippen LogP contribution is 2.39. The standard InChI is InChI=1S/C20H25N3O4/c1-12-13(2)21-19(22-20(12)24)14-5-4-6-23(9-14)10-15-7-17-18(27-11-26-17)8-16(15)25-3/h7-8,14H,4-6,9-11H2,1-3H3,(H,21,22,24)/t14-/m1/s1. The fourth-order valence-electron chi connectivity index (χ4n) is 3.80. The number of piperidine rings is 1. The number of hydrogen-bond donors (Lipinski definition) is 1. The maximum absolute atomic E-state index is 12.1. The van der Waals surface area contributed by atoms with Gasteiger partial charge < -0.3 is 19.2 Å². The van der Waals surface area contributed by atoms with Gasteiger partial charge in [-0.25, -0.2) is 4.98 Å². The van der Waals surface area contributed by atoms with E-state index >= 15 is 0 Å². The number of nitrogens with zero attached hydrogens (tertiary/aromatic N) is 2. The topological polar surface area (TPSA) is 76.7 Å². The maximum Gasteiger partial charge on any atom is 0.254 e. The van der Waals surface area contributed by atoms with E-state index in [9.17, 15) is 4.79 Å². The van der Waals surface area contributed by atoms with Crippen LogP contribution in [0.2, 0.25) is 0 Å². The second kappa shape index (κ2) is 7.23. The summed E-state index contributed by atoms with van der Waals surface area (Å²) < 4.78 is 16.5. The Hall–Kier alpha value is -2.54. The molecule has 0 unspecified atom stereocenters. The molecule has 2 aromatic rings. The Balaban J connectivity index is 1.53. The first-order chi connectivity index (χ1) is 13.0. The number of likely N-dealkylation sites (tertiary alicyclic amines) is 1. The number of aromatic nitrogens is 2. The number of fused-ring (bicyclic) bond motifs is 1. The molecule has 0 bridgehead atoms. The molecule has 1 fully saturated rings. The second-order valence-corrected chi connectivity index (χ2v) is 7.25. The molecular weight excluding hydrogens is 346 g/mol. The average molecular weight is 371 g/mol. The molecule has 0 amide bonds. The summed E-state index contributed by atoms with van der Waals surface area (Å²) in [5.74, 6) is 3.32. The van der Waals surface area contributed by atoms with E-state index in [0.29, 0.717) is 5.56 Å². The number of rotatable bonds is 4. The van der Waals surface area contributed by atoms with Crippen molar-refractivity contribution in [3.63, 3.8) is 0 Å². The van der Waals surface area contributed by atoms with Crippen molar-refractivity contribution in [3.05, 3.63) is 45.1 Å². The molecule has 2 aliphatic heterocycles. The zero-order valence-corrected chi connectivity index (χ0v) is 16.0. The summed E-state index contributed by atoms with van der Waals surface area (Å²) in [7, 11) is 1.67. The van der Waals surface area contributed by atoms with Gasteiger partial charge in [-0.05, 0) is 39.3 Å². The van der Waals surface area contributed by atoms with Gasteiger partial charge in [-0.15, -0.1) is 0 Å². The molecule has 1 saturated heterocycles. The van der Waals surface area contributed by atoms with Crippen LogP contribution in [-0.2, 0) is 6.54 Å². The Morgan fingerprint density at radius 2 is 2.07 bits per heavy atom. The van der Waals surface area contributed by atoms with Crippen molar-refractivity contribution in [1.82, 2.24) is 14.9 Å². The van der Waals surface area contributed by atoms with Crippen LogP contribution in [0.5, 0.6) is 17.2 Å². The molecule has 0 radical (unpaired) electrons. The number of methoxy groups -OCH3 is 1. The Labute approximate surface area is 158 Å². The molecule has 1 aromatic carbocycles. The van der Waals surface area contributed by atoms with E-state index in [1.165, 1.54) is 0 Å². The van der Waals surface area contributed by atoms with Gasteiger partial charge >= 0.3 is 0 Å². The third-order valence-corrected chi connectivity index (χ3v) is 5.47. The average Bonchev–Trinajstić information content (AvgIpc) is 3.12. The van der Waals surface area contributed by atoms with E-state index in [1.54, 1.807) is 7.11 Å². The Bertz CT molecular complexity index is 909. The minimum Gasteiger partial charge on any atom is -0.496 e. The van der Waals surface area contributed by atoms with Crippen LogP contribution in [0, 0.1) is 13.8 Å². The Morgan fingerprint density at radius 3 is 2.81 bits per heavy atom. The lowest BCUT2D eigenvalue weighted by atomic mass is 9.96. The van der Waals surface area contributed by atoms with Crippen molar-refractivity contribution in [1.29, 1.82) is 0 Å². The van der Waals surface area contributed by atoms with Gasteiger partial charge in [0.1, 0.15) is 11.6 Å². The maximum atomic E-state index is 12.1. The summed E-state index contributed by atoms with van der Waals surface area (Å²) in [4.78, 5) is 22.1. The van der Waals surface area contributed by atoms with Gasteiger partial charge in [0.2, 0.25) is 6.79 Å². The van der Waals surface area contributed by atoms with Gasteiger partial charge in [0.15, 0.2) is 11.5 Å².